The van der Waals surface area contributed by atoms with E-state index in [4.69, 9.17) is 37.0 Å². The van der Waals surface area contributed by atoms with Gasteiger partial charge >= 0.3 is 39.5 Å². The van der Waals surface area contributed by atoms with Crippen LogP contribution in [0, 0.1) is 5.92 Å². The monoisotopic (exact) mass is 1310 g/mol. The second kappa shape index (κ2) is 63.5. The first-order valence-electron chi connectivity index (χ1n) is 36.7. The van der Waals surface area contributed by atoms with E-state index in [9.17, 15) is 43.2 Å². The van der Waals surface area contributed by atoms with E-state index in [1.807, 2.05) is 0 Å². The lowest BCUT2D eigenvalue weighted by Gasteiger charge is -2.21. The van der Waals surface area contributed by atoms with Gasteiger partial charge in [-0.15, -0.1) is 0 Å². The topological polar surface area (TPSA) is 237 Å². The zero-order valence-electron chi connectivity index (χ0n) is 57.6. The van der Waals surface area contributed by atoms with Crippen molar-refractivity contribution >= 4 is 39.5 Å². The molecular weight excluding hydrogens is 1170 g/mol. The Balaban J connectivity index is 5.15. The third-order valence-corrected chi connectivity index (χ3v) is 18.5. The summed E-state index contributed by atoms with van der Waals surface area (Å²) >= 11 is 0. The molecule has 3 N–H and O–H groups in total. The fraction of sp³-hybridized carbons (Fsp3) is 0.943. The number of hydrogen-bond acceptors (Lipinski definition) is 15. The molecule has 0 aromatic heterocycles. The maximum Gasteiger partial charge on any atom is 0.472 e. The van der Waals surface area contributed by atoms with Crippen molar-refractivity contribution in [2.24, 2.45) is 5.92 Å². The molecule has 0 heterocycles. The smallest absolute Gasteiger partial charge is 0.462 e. The number of carbonyl (C=O) groups excluding carboxylic acids is 4. The van der Waals surface area contributed by atoms with Crippen molar-refractivity contribution in [3.63, 3.8) is 0 Å². The molecule has 528 valence electrons. The summed E-state index contributed by atoms with van der Waals surface area (Å²) in [5, 5.41) is 10.6. The molecule has 0 rings (SSSR count). The van der Waals surface area contributed by atoms with Gasteiger partial charge in [-0.3, -0.25) is 37.3 Å². The Morgan fingerprint density at radius 1 is 0.315 bits per heavy atom. The number of phosphoric ester groups is 2. The van der Waals surface area contributed by atoms with Gasteiger partial charge in [0.2, 0.25) is 0 Å². The molecule has 89 heavy (non-hydrogen) atoms. The van der Waals surface area contributed by atoms with Gasteiger partial charge in [0, 0.05) is 25.7 Å². The predicted octanol–water partition coefficient (Wildman–Crippen LogP) is 20.1. The lowest BCUT2D eigenvalue weighted by Crippen LogP contribution is -2.30. The van der Waals surface area contributed by atoms with Gasteiger partial charge in [0.25, 0.3) is 0 Å². The fourth-order valence-electron chi connectivity index (χ4n) is 10.6. The summed E-state index contributed by atoms with van der Waals surface area (Å²) in [6, 6.07) is 0. The zero-order chi connectivity index (χ0) is 65.6. The number of unbranched alkanes of at least 4 members (excludes halogenated alkanes) is 41. The molecule has 0 saturated carbocycles. The Kier molecular flexibility index (Phi) is 62.1. The molecule has 0 saturated heterocycles. The van der Waals surface area contributed by atoms with Crippen LogP contribution in [-0.4, -0.2) is 96.7 Å². The van der Waals surface area contributed by atoms with Crippen molar-refractivity contribution in [2.75, 3.05) is 39.6 Å². The number of aliphatic hydroxyl groups excluding tert-OH is 1. The lowest BCUT2D eigenvalue weighted by molar-refractivity contribution is -0.161. The van der Waals surface area contributed by atoms with Gasteiger partial charge in [0.05, 0.1) is 26.4 Å². The van der Waals surface area contributed by atoms with Crippen molar-refractivity contribution in [1.29, 1.82) is 0 Å². The van der Waals surface area contributed by atoms with Gasteiger partial charge in [0.15, 0.2) is 12.2 Å². The van der Waals surface area contributed by atoms with Gasteiger partial charge in [-0.25, -0.2) is 9.13 Å². The van der Waals surface area contributed by atoms with Crippen LogP contribution in [-0.2, 0) is 65.4 Å². The van der Waals surface area contributed by atoms with E-state index in [1.165, 1.54) is 180 Å². The molecule has 19 heteroatoms. The first kappa shape index (κ1) is 87.1. The van der Waals surface area contributed by atoms with Crippen LogP contribution in [0.15, 0.2) is 0 Å². The molecule has 0 aliphatic heterocycles. The van der Waals surface area contributed by atoms with E-state index in [0.717, 1.165) is 102 Å². The van der Waals surface area contributed by atoms with Crippen molar-refractivity contribution in [1.82, 2.24) is 0 Å². The number of carbonyl (C=O) groups is 4. The van der Waals surface area contributed by atoms with Crippen LogP contribution in [0.3, 0.4) is 0 Å². The Bertz CT molecular complexity index is 1720. The highest BCUT2D eigenvalue weighted by Crippen LogP contribution is 2.45. The summed E-state index contributed by atoms with van der Waals surface area (Å²) in [4.78, 5) is 72.2. The minimum atomic E-state index is -4.95. The maximum absolute atomic E-state index is 13.0. The molecule has 0 aliphatic rings. The van der Waals surface area contributed by atoms with E-state index in [0.29, 0.717) is 25.7 Å². The summed E-state index contributed by atoms with van der Waals surface area (Å²) in [5.74, 6) is -1.42. The van der Waals surface area contributed by atoms with E-state index in [-0.39, 0.29) is 25.7 Å². The molecule has 0 amide bonds. The SMILES string of the molecule is CCCCCCCCCCCCCCCCCCCC(=O)OC[C@H](COP(=O)(O)OC[C@@H](O)COP(=O)(O)OC[C@@H](COC(=O)CCCCCCC)OC(=O)CCCCCCCCC(C)CC)OC(=O)CCCCCCCCCCCCCCCCCCC. The Morgan fingerprint density at radius 2 is 0.539 bits per heavy atom. The number of hydrogen-bond donors (Lipinski definition) is 3. The standard InChI is InChI=1S/C70H136O17P2/c1-6-10-13-16-18-20-22-24-26-28-30-32-34-36-38-44-49-54-68(73)81-60-66(86-69(74)55-50-45-39-37-35-33-31-29-27-25-23-21-19-17-14-11-7-2)62-85-89(78,79)83-58-64(71)57-82-88(76,77)84-61-65(59-80-67(72)53-48-42-15-12-8-3)87-70(75)56-51-46-41-40-43-47-52-63(5)9-4/h63-66,71H,6-62H2,1-5H3,(H,76,77)(H,78,79)/t63?,64-,65+,66+/m0/s1. The quantitative estimate of drug-likeness (QED) is 0.0222. The van der Waals surface area contributed by atoms with Gasteiger partial charge in [0.1, 0.15) is 19.3 Å². The number of aliphatic hydroxyl groups is 1. The second-order valence-electron chi connectivity index (χ2n) is 25.5. The fourth-order valence-corrected chi connectivity index (χ4v) is 12.2. The molecule has 0 radical (unpaired) electrons. The largest absolute Gasteiger partial charge is 0.472 e. The second-order valence-corrected chi connectivity index (χ2v) is 28.4. The molecule has 17 nitrogen and oxygen atoms in total. The summed E-state index contributed by atoms with van der Waals surface area (Å²) < 4.78 is 68.0. The van der Waals surface area contributed by atoms with Gasteiger partial charge in [-0.05, 0) is 31.6 Å². The number of rotatable bonds is 70. The molecule has 0 aliphatic carbocycles. The summed E-state index contributed by atoms with van der Waals surface area (Å²) in [7, 11) is -9.89. The van der Waals surface area contributed by atoms with E-state index in [2.05, 4.69) is 34.6 Å². The minimum absolute atomic E-state index is 0.102. The Hall–Kier alpha value is -1.94. The van der Waals surface area contributed by atoms with Crippen molar-refractivity contribution in [3.05, 3.63) is 0 Å². The molecule has 0 bridgehead atoms. The van der Waals surface area contributed by atoms with Gasteiger partial charge < -0.3 is 33.8 Å². The highest BCUT2D eigenvalue weighted by molar-refractivity contribution is 7.47. The molecule has 3 unspecified atom stereocenters. The van der Waals surface area contributed by atoms with Crippen LogP contribution in [0.5, 0.6) is 0 Å². The van der Waals surface area contributed by atoms with Crippen LogP contribution in [0.2, 0.25) is 0 Å². The molecule has 6 atom stereocenters. The summed E-state index contributed by atoms with van der Waals surface area (Å²) in [5.41, 5.74) is 0. The summed E-state index contributed by atoms with van der Waals surface area (Å²) in [6.45, 7) is 7.11. The highest BCUT2D eigenvalue weighted by Gasteiger charge is 2.30. The third kappa shape index (κ3) is 63.2. The molecule has 0 fully saturated rings. The number of phosphoric acid groups is 2. The Morgan fingerprint density at radius 3 is 0.798 bits per heavy atom. The van der Waals surface area contributed by atoms with Gasteiger partial charge in [-0.2, -0.15) is 0 Å². The Labute approximate surface area is 543 Å². The lowest BCUT2D eigenvalue weighted by atomic mass is 10.00. The molecular formula is C70H136O17P2. The van der Waals surface area contributed by atoms with E-state index in [1.54, 1.807) is 0 Å². The first-order chi connectivity index (χ1) is 43.1. The number of esters is 4. The predicted molar refractivity (Wildman–Crippen MR) is 358 cm³/mol. The van der Waals surface area contributed by atoms with Crippen LogP contribution >= 0.6 is 15.6 Å². The average Bonchev–Trinajstić information content (AvgIpc) is 3.73. The average molecular weight is 1310 g/mol. The van der Waals surface area contributed by atoms with E-state index < -0.39 is 97.5 Å². The zero-order valence-corrected chi connectivity index (χ0v) is 59.4. The first-order valence-corrected chi connectivity index (χ1v) is 39.7. The number of ether oxygens (including phenoxy) is 4. The molecule has 0 spiro atoms. The normalized spacial score (nSPS) is 14.4. The van der Waals surface area contributed by atoms with Crippen LogP contribution in [0.4, 0.5) is 0 Å². The van der Waals surface area contributed by atoms with Crippen LogP contribution in [0.1, 0.15) is 362 Å². The maximum atomic E-state index is 13.0. The summed E-state index contributed by atoms with van der Waals surface area (Å²) in [6.07, 6.45) is 50.5. The van der Waals surface area contributed by atoms with E-state index >= 15 is 0 Å². The molecule has 0 aromatic rings. The van der Waals surface area contributed by atoms with Crippen molar-refractivity contribution < 1.29 is 80.2 Å². The van der Waals surface area contributed by atoms with Crippen LogP contribution < -0.4 is 0 Å². The highest BCUT2D eigenvalue weighted by atomic mass is 31.2. The third-order valence-electron chi connectivity index (χ3n) is 16.6. The van der Waals surface area contributed by atoms with Crippen molar-refractivity contribution in [2.45, 2.75) is 380 Å². The van der Waals surface area contributed by atoms with Crippen molar-refractivity contribution in [3.8, 4) is 0 Å². The van der Waals surface area contributed by atoms with Gasteiger partial charge in [-0.1, -0.05) is 311 Å². The minimum Gasteiger partial charge on any atom is -0.462 e. The van der Waals surface area contributed by atoms with Crippen LogP contribution in [0.25, 0.3) is 0 Å². The molecule has 0 aromatic carbocycles.